The predicted octanol–water partition coefficient (Wildman–Crippen LogP) is 4.13. The van der Waals surface area contributed by atoms with Gasteiger partial charge in [-0.3, -0.25) is 19.5 Å². The van der Waals surface area contributed by atoms with Gasteiger partial charge in [0.25, 0.3) is 11.7 Å². The number of methoxy groups -OCH3 is 2. The molecule has 0 bridgehead atoms. The summed E-state index contributed by atoms with van der Waals surface area (Å²) in [6.45, 7) is 3.75. The Balaban J connectivity index is 1.61. The Morgan fingerprint density at radius 3 is 2.15 bits per heavy atom. The number of aliphatic hydroxyl groups excluding tert-OH is 1. The second kappa shape index (κ2) is 11.0. The van der Waals surface area contributed by atoms with Crippen LogP contribution in [0.3, 0.4) is 0 Å². The Morgan fingerprint density at radius 2 is 1.54 bits per heavy atom. The van der Waals surface area contributed by atoms with Crippen molar-refractivity contribution in [2.45, 2.75) is 6.04 Å². The second-order valence-electron chi connectivity index (χ2n) is 9.44. The molecule has 0 aliphatic carbocycles. The molecule has 3 aromatic rings. The van der Waals surface area contributed by atoms with Crippen molar-refractivity contribution in [3.8, 4) is 11.5 Å². The van der Waals surface area contributed by atoms with Crippen molar-refractivity contribution in [2.75, 3.05) is 57.2 Å². The van der Waals surface area contributed by atoms with Crippen LogP contribution in [0.2, 0.25) is 5.02 Å². The summed E-state index contributed by atoms with van der Waals surface area (Å²) in [4.78, 5) is 37.1. The van der Waals surface area contributed by atoms with Gasteiger partial charge >= 0.3 is 0 Å². The number of nitrogens with zero attached hydrogens (tertiary/aromatic N) is 4. The smallest absolute Gasteiger partial charge is 0.300 e. The molecule has 0 spiro atoms. The number of Topliss-reactive ketones (excluding diaryl/α,β-unsaturated/α-hetero) is 1. The van der Waals surface area contributed by atoms with Crippen LogP contribution in [-0.4, -0.2) is 74.1 Å². The van der Waals surface area contributed by atoms with Gasteiger partial charge in [-0.1, -0.05) is 11.6 Å². The van der Waals surface area contributed by atoms with Crippen LogP contribution in [0.1, 0.15) is 17.2 Å². The number of aliphatic hydroxyl groups is 1. The van der Waals surface area contributed by atoms with E-state index in [1.54, 1.807) is 24.5 Å². The normalized spacial score (nSPS) is 19.4. The molecule has 1 unspecified atom stereocenters. The van der Waals surface area contributed by atoms with Crippen LogP contribution in [0.4, 0.5) is 11.4 Å². The Morgan fingerprint density at radius 1 is 0.923 bits per heavy atom. The zero-order valence-electron chi connectivity index (χ0n) is 21.9. The maximum Gasteiger partial charge on any atom is 0.300 e. The SMILES string of the molecule is COc1cc(/C(O)=C2\C(=O)C(=O)N(c3ccc(N4CCN(C)CC4)cc3)C2c2ccncc2)c(OC)cc1Cl. The standard InChI is InChI=1S/C29H29ClN4O5/c1-32-12-14-33(15-13-32)19-4-6-20(7-5-19)34-26(18-8-10-31-11-9-18)25(28(36)29(34)37)27(35)21-16-24(39-3)22(30)17-23(21)38-2/h4-11,16-17,26,35H,12-15H2,1-3H3/b27-25+. The maximum absolute atomic E-state index is 13.5. The molecule has 2 fully saturated rings. The van der Waals surface area contributed by atoms with Crippen LogP contribution in [0, 0.1) is 0 Å². The molecule has 2 aliphatic rings. The van der Waals surface area contributed by atoms with E-state index >= 15 is 0 Å². The van der Waals surface area contributed by atoms with Crippen LogP contribution in [0.5, 0.6) is 11.5 Å². The molecule has 1 aromatic heterocycles. The summed E-state index contributed by atoms with van der Waals surface area (Å²) < 4.78 is 10.8. The van der Waals surface area contributed by atoms with E-state index in [2.05, 4.69) is 21.8 Å². The molecule has 1 amide bonds. The third kappa shape index (κ3) is 4.91. The molecule has 3 heterocycles. The van der Waals surface area contributed by atoms with Gasteiger partial charge in [0.1, 0.15) is 17.3 Å². The number of halogens is 1. The van der Waals surface area contributed by atoms with Crippen LogP contribution in [-0.2, 0) is 9.59 Å². The Bertz CT molecular complexity index is 1420. The summed E-state index contributed by atoms with van der Waals surface area (Å²) in [5, 5.41) is 11.8. The van der Waals surface area contributed by atoms with Crippen molar-refractivity contribution in [1.29, 1.82) is 0 Å². The number of amides is 1. The molecule has 0 radical (unpaired) electrons. The minimum atomic E-state index is -0.895. The summed E-state index contributed by atoms with van der Waals surface area (Å²) in [7, 11) is 4.97. The lowest BCUT2D eigenvalue weighted by molar-refractivity contribution is -0.132. The number of piperazine rings is 1. The number of aromatic nitrogens is 1. The zero-order chi connectivity index (χ0) is 27.7. The third-order valence-corrected chi connectivity index (χ3v) is 7.49. The fourth-order valence-electron chi connectivity index (χ4n) is 5.04. The average molecular weight is 549 g/mol. The van der Waals surface area contributed by atoms with E-state index in [4.69, 9.17) is 21.1 Å². The lowest BCUT2D eigenvalue weighted by atomic mass is 9.95. The molecule has 9 nitrogen and oxygen atoms in total. The Kier molecular flexibility index (Phi) is 7.45. The number of carbonyl (C=O) groups excluding carboxylic acids is 2. The predicted molar refractivity (Wildman–Crippen MR) is 150 cm³/mol. The van der Waals surface area contributed by atoms with E-state index in [9.17, 15) is 14.7 Å². The van der Waals surface area contributed by atoms with Gasteiger partial charge in [-0.2, -0.15) is 0 Å². The second-order valence-corrected chi connectivity index (χ2v) is 9.85. The van der Waals surface area contributed by atoms with Crippen molar-refractivity contribution in [3.63, 3.8) is 0 Å². The molecule has 1 N–H and O–H groups in total. The monoisotopic (exact) mass is 548 g/mol. The van der Waals surface area contributed by atoms with Gasteiger partial charge in [0.2, 0.25) is 0 Å². The lowest BCUT2D eigenvalue weighted by Gasteiger charge is -2.34. The molecule has 2 aliphatic heterocycles. The van der Waals surface area contributed by atoms with E-state index in [1.165, 1.54) is 31.3 Å². The van der Waals surface area contributed by atoms with Gasteiger partial charge in [-0.05, 0) is 55.1 Å². The molecule has 0 saturated carbocycles. The summed E-state index contributed by atoms with van der Waals surface area (Å²) in [6.07, 6.45) is 3.16. The minimum absolute atomic E-state index is 0.0722. The van der Waals surface area contributed by atoms with Gasteiger partial charge < -0.3 is 24.4 Å². The number of hydrogen-bond acceptors (Lipinski definition) is 8. The summed E-state index contributed by atoms with van der Waals surface area (Å²) in [5.41, 5.74) is 2.31. The zero-order valence-corrected chi connectivity index (χ0v) is 22.7. The largest absolute Gasteiger partial charge is 0.507 e. The van der Waals surface area contributed by atoms with Crippen LogP contribution >= 0.6 is 11.6 Å². The molecule has 202 valence electrons. The van der Waals surface area contributed by atoms with E-state index in [0.29, 0.717) is 11.3 Å². The third-order valence-electron chi connectivity index (χ3n) is 7.19. The average Bonchev–Trinajstić information content (AvgIpc) is 3.23. The van der Waals surface area contributed by atoms with Crippen molar-refractivity contribution >= 4 is 40.4 Å². The van der Waals surface area contributed by atoms with E-state index < -0.39 is 23.5 Å². The molecule has 2 saturated heterocycles. The fraction of sp³-hybridized carbons (Fsp3) is 0.276. The van der Waals surface area contributed by atoms with Crippen LogP contribution in [0.25, 0.3) is 5.76 Å². The number of pyridine rings is 1. The van der Waals surface area contributed by atoms with E-state index in [-0.39, 0.29) is 27.7 Å². The molecule has 39 heavy (non-hydrogen) atoms. The number of rotatable bonds is 6. The van der Waals surface area contributed by atoms with Gasteiger partial charge in [-0.25, -0.2) is 0 Å². The molecule has 10 heteroatoms. The first-order valence-electron chi connectivity index (χ1n) is 12.5. The Labute approximate surface area is 231 Å². The highest BCUT2D eigenvalue weighted by molar-refractivity contribution is 6.51. The fourth-order valence-corrected chi connectivity index (χ4v) is 5.27. The molecular weight excluding hydrogens is 520 g/mol. The lowest BCUT2D eigenvalue weighted by Crippen LogP contribution is -2.44. The summed E-state index contributed by atoms with van der Waals surface area (Å²) in [5.74, 6) is -1.43. The molecule has 1 atom stereocenters. The molecule has 2 aromatic carbocycles. The number of likely N-dealkylation sites (N-methyl/N-ethyl adjacent to an activating group) is 1. The van der Waals surface area contributed by atoms with Crippen LogP contribution in [0.15, 0.2) is 66.5 Å². The van der Waals surface area contributed by atoms with Crippen molar-refractivity contribution in [1.82, 2.24) is 9.88 Å². The number of benzene rings is 2. The number of ketones is 1. The first kappa shape index (κ1) is 26.5. The highest BCUT2D eigenvalue weighted by Gasteiger charge is 2.47. The van der Waals surface area contributed by atoms with Crippen LogP contribution < -0.4 is 19.3 Å². The Hall–Kier alpha value is -4.08. The first-order chi connectivity index (χ1) is 18.8. The number of anilines is 2. The van der Waals surface area contributed by atoms with Crippen molar-refractivity contribution in [3.05, 3.63) is 82.6 Å². The van der Waals surface area contributed by atoms with Gasteiger partial charge in [-0.15, -0.1) is 0 Å². The van der Waals surface area contributed by atoms with Crippen molar-refractivity contribution < 1.29 is 24.2 Å². The topological polar surface area (TPSA) is 95.4 Å². The highest BCUT2D eigenvalue weighted by Crippen LogP contribution is 2.44. The highest BCUT2D eigenvalue weighted by atomic mass is 35.5. The van der Waals surface area contributed by atoms with E-state index in [1.807, 2.05) is 24.3 Å². The number of hydrogen-bond donors (Lipinski definition) is 1. The van der Waals surface area contributed by atoms with Gasteiger partial charge in [0, 0.05) is 56.0 Å². The maximum atomic E-state index is 13.5. The van der Waals surface area contributed by atoms with Gasteiger partial charge in [0.05, 0.1) is 36.4 Å². The van der Waals surface area contributed by atoms with E-state index in [0.717, 1.165) is 31.9 Å². The summed E-state index contributed by atoms with van der Waals surface area (Å²) >= 11 is 6.26. The quantitative estimate of drug-likeness (QED) is 0.279. The summed E-state index contributed by atoms with van der Waals surface area (Å²) in [6, 6.07) is 13.1. The first-order valence-corrected chi connectivity index (χ1v) is 12.9. The van der Waals surface area contributed by atoms with Gasteiger partial charge in [0.15, 0.2) is 0 Å². The minimum Gasteiger partial charge on any atom is -0.507 e. The number of ether oxygens (including phenoxy) is 2. The number of carbonyl (C=O) groups is 2. The molecular formula is C29H29ClN4O5. The molecule has 5 rings (SSSR count). The van der Waals surface area contributed by atoms with Crippen molar-refractivity contribution in [2.24, 2.45) is 0 Å².